The van der Waals surface area contributed by atoms with Crippen LogP contribution in [0.25, 0.3) is 0 Å². The molecule has 3 N–H and O–H groups in total. The average molecular weight is 159 g/mol. The largest absolute Gasteiger partial charge is 0.318 e. The molecular weight excluding hydrogens is 138 g/mol. The van der Waals surface area contributed by atoms with Gasteiger partial charge in [-0.15, -0.1) is 0 Å². The van der Waals surface area contributed by atoms with Gasteiger partial charge >= 0.3 is 0 Å². The van der Waals surface area contributed by atoms with Gasteiger partial charge in [0.25, 0.3) is 0 Å². The molecule has 1 heterocycles. The van der Waals surface area contributed by atoms with Crippen molar-refractivity contribution in [2.24, 2.45) is 0 Å². The lowest BCUT2D eigenvalue weighted by Crippen LogP contribution is -2.70. The SMILES string of the molecule is CC.CNCC1(NC)CNC1. The molecular formula is C8H21N3. The molecule has 1 rings (SSSR count). The van der Waals surface area contributed by atoms with Crippen LogP contribution in [0.1, 0.15) is 13.8 Å². The first-order chi connectivity index (χ1) is 5.33. The van der Waals surface area contributed by atoms with E-state index < -0.39 is 0 Å². The Hall–Kier alpha value is -0.120. The number of nitrogens with one attached hydrogen (secondary N) is 3. The Morgan fingerprint density at radius 1 is 1.27 bits per heavy atom. The second-order valence-corrected chi connectivity index (χ2v) is 2.66. The van der Waals surface area contributed by atoms with Crippen molar-refractivity contribution >= 4 is 0 Å². The summed E-state index contributed by atoms with van der Waals surface area (Å²) in [6.07, 6.45) is 0. The molecule has 1 aliphatic rings. The highest BCUT2D eigenvalue weighted by atomic mass is 15.2. The van der Waals surface area contributed by atoms with Gasteiger partial charge in [-0.05, 0) is 14.1 Å². The van der Waals surface area contributed by atoms with Crippen LogP contribution in [0.2, 0.25) is 0 Å². The summed E-state index contributed by atoms with van der Waals surface area (Å²) in [7, 11) is 4.00. The average Bonchev–Trinajstić information content (AvgIpc) is 2.01. The van der Waals surface area contributed by atoms with Crippen molar-refractivity contribution in [3.05, 3.63) is 0 Å². The molecule has 1 aliphatic heterocycles. The monoisotopic (exact) mass is 159 g/mol. The first-order valence-electron chi connectivity index (χ1n) is 4.37. The van der Waals surface area contributed by atoms with E-state index in [1.165, 1.54) is 0 Å². The van der Waals surface area contributed by atoms with Crippen molar-refractivity contribution in [2.75, 3.05) is 33.7 Å². The summed E-state index contributed by atoms with van der Waals surface area (Å²) in [6, 6.07) is 0. The molecule has 0 unspecified atom stereocenters. The Morgan fingerprint density at radius 2 is 1.82 bits per heavy atom. The van der Waals surface area contributed by atoms with E-state index in [1.54, 1.807) is 0 Å². The Kier molecular flexibility index (Phi) is 5.46. The molecule has 0 aromatic rings. The van der Waals surface area contributed by atoms with Crippen molar-refractivity contribution in [3.8, 4) is 0 Å². The highest BCUT2D eigenvalue weighted by Crippen LogP contribution is 2.07. The molecule has 0 aromatic carbocycles. The molecule has 3 heteroatoms. The summed E-state index contributed by atoms with van der Waals surface area (Å²) in [5.74, 6) is 0. The summed E-state index contributed by atoms with van der Waals surface area (Å²) >= 11 is 0. The number of hydrogen-bond acceptors (Lipinski definition) is 3. The molecule has 3 nitrogen and oxygen atoms in total. The van der Waals surface area contributed by atoms with Gasteiger partial charge in [0.1, 0.15) is 0 Å². The predicted molar refractivity (Wildman–Crippen MR) is 49.9 cm³/mol. The molecule has 0 bridgehead atoms. The Balaban J connectivity index is 0.000000461. The third kappa shape index (κ3) is 2.77. The molecule has 11 heavy (non-hydrogen) atoms. The molecule has 0 spiro atoms. The Morgan fingerprint density at radius 3 is 1.91 bits per heavy atom. The van der Waals surface area contributed by atoms with Crippen LogP contribution >= 0.6 is 0 Å². The lowest BCUT2D eigenvalue weighted by atomic mass is 9.93. The maximum atomic E-state index is 3.29. The van der Waals surface area contributed by atoms with Crippen LogP contribution in [0.4, 0.5) is 0 Å². The van der Waals surface area contributed by atoms with E-state index in [9.17, 15) is 0 Å². The number of likely N-dealkylation sites (N-methyl/N-ethyl adjacent to an activating group) is 2. The minimum absolute atomic E-state index is 0.342. The fourth-order valence-corrected chi connectivity index (χ4v) is 1.16. The van der Waals surface area contributed by atoms with Crippen LogP contribution in [-0.4, -0.2) is 39.3 Å². The van der Waals surface area contributed by atoms with Crippen molar-refractivity contribution in [3.63, 3.8) is 0 Å². The van der Waals surface area contributed by atoms with E-state index in [4.69, 9.17) is 0 Å². The maximum Gasteiger partial charge on any atom is 0.0555 e. The second kappa shape index (κ2) is 5.52. The molecule has 68 valence electrons. The Bertz CT molecular complexity index is 83.8. The molecule has 0 saturated carbocycles. The molecule has 0 aromatic heterocycles. The van der Waals surface area contributed by atoms with Crippen molar-refractivity contribution in [2.45, 2.75) is 19.4 Å². The van der Waals surface area contributed by atoms with E-state index >= 15 is 0 Å². The molecule has 1 fully saturated rings. The maximum absolute atomic E-state index is 3.29. The fraction of sp³-hybridized carbons (Fsp3) is 1.00. The van der Waals surface area contributed by atoms with Gasteiger partial charge in [-0.3, -0.25) is 0 Å². The van der Waals surface area contributed by atoms with Crippen LogP contribution in [0.5, 0.6) is 0 Å². The standard InChI is InChI=1S/C6H15N3.C2H6/c1-7-3-6(8-2)4-9-5-6;1-2/h7-9H,3-5H2,1-2H3;1-2H3. The number of hydrogen-bond donors (Lipinski definition) is 3. The van der Waals surface area contributed by atoms with E-state index in [-0.39, 0.29) is 0 Å². The molecule has 0 aliphatic carbocycles. The lowest BCUT2D eigenvalue weighted by Gasteiger charge is -2.42. The van der Waals surface area contributed by atoms with Gasteiger partial charge in [0.2, 0.25) is 0 Å². The second-order valence-electron chi connectivity index (χ2n) is 2.66. The van der Waals surface area contributed by atoms with Crippen molar-refractivity contribution in [1.82, 2.24) is 16.0 Å². The zero-order chi connectivity index (χ0) is 8.74. The zero-order valence-corrected chi connectivity index (χ0v) is 8.12. The van der Waals surface area contributed by atoms with E-state index in [2.05, 4.69) is 16.0 Å². The first kappa shape index (κ1) is 10.9. The van der Waals surface area contributed by atoms with Gasteiger partial charge < -0.3 is 16.0 Å². The van der Waals surface area contributed by atoms with Crippen molar-refractivity contribution < 1.29 is 0 Å². The van der Waals surface area contributed by atoms with Gasteiger partial charge in [0, 0.05) is 19.6 Å². The number of rotatable bonds is 3. The summed E-state index contributed by atoms with van der Waals surface area (Å²) in [6.45, 7) is 7.23. The smallest absolute Gasteiger partial charge is 0.0555 e. The van der Waals surface area contributed by atoms with E-state index in [0.717, 1.165) is 19.6 Å². The molecule has 0 atom stereocenters. The lowest BCUT2D eigenvalue weighted by molar-refractivity contribution is 0.226. The van der Waals surface area contributed by atoms with Crippen LogP contribution < -0.4 is 16.0 Å². The Labute approximate surface area is 69.9 Å². The fourth-order valence-electron chi connectivity index (χ4n) is 1.16. The summed E-state index contributed by atoms with van der Waals surface area (Å²) in [5.41, 5.74) is 0.342. The van der Waals surface area contributed by atoms with Gasteiger partial charge in [0.05, 0.1) is 5.54 Å². The highest BCUT2D eigenvalue weighted by molar-refractivity contribution is 5.00. The summed E-state index contributed by atoms with van der Waals surface area (Å²) in [4.78, 5) is 0. The molecule has 0 radical (unpaired) electrons. The minimum atomic E-state index is 0.342. The van der Waals surface area contributed by atoms with Crippen LogP contribution in [0.15, 0.2) is 0 Å². The van der Waals surface area contributed by atoms with Crippen LogP contribution in [-0.2, 0) is 0 Å². The van der Waals surface area contributed by atoms with Crippen LogP contribution in [0.3, 0.4) is 0 Å². The van der Waals surface area contributed by atoms with Gasteiger partial charge in [0.15, 0.2) is 0 Å². The zero-order valence-electron chi connectivity index (χ0n) is 8.12. The third-order valence-electron chi connectivity index (χ3n) is 1.97. The topological polar surface area (TPSA) is 36.1 Å². The van der Waals surface area contributed by atoms with Gasteiger partial charge in [-0.2, -0.15) is 0 Å². The molecule has 0 amide bonds. The van der Waals surface area contributed by atoms with Gasteiger partial charge in [-0.25, -0.2) is 0 Å². The highest BCUT2D eigenvalue weighted by Gasteiger charge is 2.33. The van der Waals surface area contributed by atoms with E-state index in [1.807, 2.05) is 27.9 Å². The summed E-state index contributed by atoms with van der Waals surface area (Å²) < 4.78 is 0. The van der Waals surface area contributed by atoms with Gasteiger partial charge in [-0.1, -0.05) is 13.8 Å². The normalized spacial score (nSPS) is 19.6. The first-order valence-corrected chi connectivity index (χ1v) is 4.37. The third-order valence-corrected chi connectivity index (χ3v) is 1.97. The molecule has 1 saturated heterocycles. The quantitative estimate of drug-likeness (QED) is 0.533. The van der Waals surface area contributed by atoms with Crippen LogP contribution in [0, 0.1) is 0 Å². The van der Waals surface area contributed by atoms with Crippen molar-refractivity contribution in [1.29, 1.82) is 0 Å². The minimum Gasteiger partial charge on any atom is -0.318 e. The van der Waals surface area contributed by atoms with E-state index in [0.29, 0.717) is 5.54 Å². The predicted octanol–water partition coefficient (Wildman–Crippen LogP) is -0.207. The summed E-state index contributed by atoms with van der Waals surface area (Å²) in [5, 5.41) is 9.68.